The van der Waals surface area contributed by atoms with E-state index in [1.165, 1.54) is 11.1 Å². The van der Waals surface area contributed by atoms with E-state index in [-0.39, 0.29) is 48.7 Å². The molecule has 1 saturated carbocycles. The van der Waals surface area contributed by atoms with Crippen LogP contribution in [-0.4, -0.2) is 48.9 Å². The molecular formula is C25H29FN6O2. The first-order valence-corrected chi connectivity index (χ1v) is 11.6. The third-order valence-corrected chi connectivity index (χ3v) is 7.98. The summed E-state index contributed by atoms with van der Waals surface area (Å²) in [6.07, 6.45) is 3.51. The summed E-state index contributed by atoms with van der Waals surface area (Å²) in [6, 6.07) is 7.74. The summed E-state index contributed by atoms with van der Waals surface area (Å²) in [5.74, 6) is 0.409. The average Bonchev–Trinajstić information content (AvgIpc) is 3.21. The van der Waals surface area contributed by atoms with E-state index < -0.39 is 11.0 Å². The van der Waals surface area contributed by atoms with Crippen molar-refractivity contribution < 1.29 is 13.9 Å². The van der Waals surface area contributed by atoms with Gasteiger partial charge in [-0.3, -0.25) is 14.7 Å². The number of amidine groups is 1. The summed E-state index contributed by atoms with van der Waals surface area (Å²) >= 11 is 0. The van der Waals surface area contributed by atoms with Crippen molar-refractivity contribution in [2.24, 2.45) is 33.0 Å². The smallest absolute Gasteiger partial charge is 0.262 e. The molecule has 0 radical (unpaired) electrons. The van der Waals surface area contributed by atoms with Gasteiger partial charge in [0, 0.05) is 18.7 Å². The van der Waals surface area contributed by atoms with E-state index in [2.05, 4.69) is 30.2 Å². The molecule has 178 valence electrons. The lowest BCUT2D eigenvalue weighted by molar-refractivity contribution is -0.141. The van der Waals surface area contributed by atoms with Crippen LogP contribution in [0.15, 0.2) is 40.2 Å². The van der Waals surface area contributed by atoms with Gasteiger partial charge in [0.05, 0.1) is 30.8 Å². The van der Waals surface area contributed by atoms with Crippen molar-refractivity contribution in [3.05, 3.63) is 46.9 Å². The van der Waals surface area contributed by atoms with Crippen LogP contribution in [0.1, 0.15) is 43.4 Å². The maximum atomic E-state index is 14.3. The highest BCUT2D eigenvalue weighted by atomic mass is 19.1. The lowest BCUT2D eigenvalue weighted by Crippen LogP contribution is -2.56. The number of nitrogens with two attached hydrogens (primary N) is 1. The van der Waals surface area contributed by atoms with Gasteiger partial charge in [0.2, 0.25) is 0 Å². The van der Waals surface area contributed by atoms with Crippen molar-refractivity contribution in [2.75, 3.05) is 20.2 Å². The maximum absolute atomic E-state index is 14.3. The highest BCUT2D eigenvalue weighted by Crippen LogP contribution is 2.63. The normalized spacial score (nSPS) is 34.4. The fourth-order valence-corrected chi connectivity index (χ4v) is 6.85. The molecule has 0 aromatic heterocycles. The quantitative estimate of drug-likeness (QED) is 0.712. The average molecular weight is 465 g/mol. The number of fused-ring (bicyclic) bond motifs is 3. The highest BCUT2D eigenvalue weighted by Gasteiger charge is 2.68. The van der Waals surface area contributed by atoms with Gasteiger partial charge in [-0.1, -0.05) is 19.9 Å². The topological polar surface area (TPSA) is 116 Å². The Balaban J connectivity index is 1.61. The van der Waals surface area contributed by atoms with E-state index in [1.54, 1.807) is 19.2 Å². The predicted molar refractivity (Wildman–Crippen MR) is 125 cm³/mol. The van der Waals surface area contributed by atoms with E-state index in [0.29, 0.717) is 17.8 Å². The van der Waals surface area contributed by atoms with Crippen LogP contribution in [0.4, 0.5) is 4.39 Å². The first-order valence-electron chi connectivity index (χ1n) is 11.6. The number of rotatable bonds is 3. The lowest BCUT2D eigenvalue weighted by atomic mass is 9.56. The minimum absolute atomic E-state index is 0.0711. The monoisotopic (exact) mass is 464 g/mol. The third kappa shape index (κ3) is 3.08. The molecule has 3 unspecified atom stereocenters. The molecule has 34 heavy (non-hydrogen) atoms. The number of guanidine groups is 1. The molecule has 1 amide bonds. The van der Waals surface area contributed by atoms with E-state index in [4.69, 9.17) is 15.5 Å². The van der Waals surface area contributed by atoms with E-state index in [9.17, 15) is 14.4 Å². The van der Waals surface area contributed by atoms with Crippen LogP contribution in [0, 0.1) is 28.6 Å². The summed E-state index contributed by atoms with van der Waals surface area (Å²) in [6.45, 7) is 4.33. The van der Waals surface area contributed by atoms with Gasteiger partial charge in [-0.25, -0.2) is 9.38 Å². The molecule has 0 saturated heterocycles. The molecule has 0 bridgehead atoms. The summed E-state index contributed by atoms with van der Waals surface area (Å²) in [5, 5.41) is 12.4. The zero-order chi connectivity index (χ0) is 24.3. The van der Waals surface area contributed by atoms with Crippen molar-refractivity contribution in [3.8, 4) is 6.07 Å². The zero-order valence-corrected chi connectivity index (χ0v) is 19.6. The number of methoxy groups -OCH3 is 1. The van der Waals surface area contributed by atoms with Crippen LogP contribution in [0.2, 0.25) is 0 Å². The van der Waals surface area contributed by atoms with Gasteiger partial charge in [-0.2, -0.15) is 5.26 Å². The number of ether oxygens (including phenoxy) is 1. The number of hydrogen-bond donors (Lipinski definition) is 2. The standard InChI is InChI=1S/C25H29FN6O2/c1-14-7-24(8-15(2)21(14)34-3)9-17-5-4-16(10-27)6-19(17)25(24)22(33)32(23(28)31-25)13-20-29-11-18(26)12-30-20/h4-6,11,14-15,21H,7-9,12-13H2,1-3H3,(H2,28,31)(H,29,30). The highest BCUT2D eigenvalue weighted by molar-refractivity contribution is 6.10. The third-order valence-electron chi connectivity index (χ3n) is 7.98. The van der Waals surface area contributed by atoms with Gasteiger partial charge in [-0.05, 0) is 54.4 Å². The Labute approximate surface area is 198 Å². The number of nitrogens with zero attached hydrogens (tertiary/aromatic N) is 4. The number of hydrogen-bond acceptors (Lipinski definition) is 7. The van der Waals surface area contributed by atoms with Crippen LogP contribution < -0.4 is 11.1 Å². The number of halogens is 1. The van der Waals surface area contributed by atoms with Crippen LogP contribution >= 0.6 is 0 Å². The van der Waals surface area contributed by atoms with E-state index >= 15 is 0 Å². The Morgan fingerprint density at radius 1 is 1.35 bits per heavy atom. The molecule has 2 aliphatic heterocycles. The van der Waals surface area contributed by atoms with Crippen molar-refractivity contribution in [2.45, 2.75) is 44.8 Å². The molecule has 2 spiro atoms. The molecule has 2 heterocycles. The van der Waals surface area contributed by atoms with E-state index in [1.807, 2.05) is 6.07 Å². The second-order valence-corrected chi connectivity index (χ2v) is 10.1. The fourth-order valence-electron chi connectivity index (χ4n) is 6.85. The van der Waals surface area contributed by atoms with Gasteiger partial charge in [0.1, 0.15) is 11.7 Å². The fraction of sp³-hybridized carbons (Fsp3) is 0.520. The van der Waals surface area contributed by atoms with Crippen molar-refractivity contribution in [3.63, 3.8) is 0 Å². The van der Waals surface area contributed by atoms with Crippen LogP contribution in [-0.2, 0) is 21.5 Å². The van der Waals surface area contributed by atoms with Crippen LogP contribution in [0.25, 0.3) is 0 Å². The largest absolute Gasteiger partial charge is 0.381 e. The predicted octanol–water partition coefficient (Wildman–Crippen LogP) is 2.35. The van der Waals surface area contributed by atoms with Gasteiger partial charge in [0.15, 0.2) is 11.5 Å². The molecule has 1 aromatic rings. The molecule has 2 aliphatic carbocycles. The number of carbonyl (C=O) groups is 1. The number of amides is 1. The zero-order valence-electron chi connectivity index (χ0n) is 19.6. The Morgan fingerprint density at radius 2 is 2.09 bits per heavy atom. The maximum Gasteiger partial charge on any atom is 0.262 e. The number of aliphatic imine (C=N–C) groups is 2. The Bertz CT molecular complexity index is 1170. The minimum Gasteiger partial charge on any atom is -0.381 e. The second-order valence-electron chi connectivity index (χ2n) is 10.1. The van der Waals surface area contributed by atoms with E-state index in [0.717, 1.165) is 24.0 Å². The number of nitrogens with one attached hydrogen (secondary N) is 1. The molecule has 8 nitrogen and oxygen atoms in total. The molecule has 1 fully saturated rings. The Kier molecular flexibility index (Phi) is 5.24. The van der Waals surface area contributed by atoms with Crippen molar-refractivity contribution in [1.82, 2.24) is 10.2 Å². The first-order chi connectivity index (χ1) is 16.2. The molecule has 9 heteroatoms. The molecule has 1 aromatic carbocycles. The number of benzene rings is 1. The number of carbonyl (C=O) groups excluding carboxylic acids is 1. The van der Waals surface area contributed by atoms with Crippen LogP contribution in [0.5, 0.6) is 0 Å². The van der Waals surface area contributed by atoms with Crippen molar-refractivity contribution in [1.29, 1.82) is 5.26 Å². The Morgan fingerprint density at radius 3 is 2.71 bits per heavy atom. The summed E-state index contributed by atoms with van der Waals surface area (Å²) < 4.78 is 19.2. The summed E-state index contributed by atoms with van der Waals surface area (Å²) in [4.78, 5) is 24.9. The van der Waals surface area contributed by atoms with Gasteiger partial charge >= 0.3 is 0 Å². The lowest BCUT2D eigenvalue weighted by Gasteiger charge is -2.50. The minimum atomic E-state index is -1.21. The molecular weight excluding hydrogens is 435 g/mol. The van der Waals surface area contributed by atoms with Gasteiger partial charge < -0.3 is 15.8 Å². The van der Waals surface area contributed by atoms with Gasteiger partial charge in [0.25, 0.3) is 5.91 Å². The SMILES string of the molecule is COC1C(C)CC2(Cc3ccc(C#N)cc3C23N=C(N)N(CC2=NCC(F)=CN2)C3=O)CC1C. The molecule has 3 N–H and O–H groups in total. The van der Waals surface area contributed by atoms with Crippen molar-refractivity contribution >= 4 is 17.7 Å². The summed E-state index contributed by atoms with van der Waals surface area (Å²) in [7, 11) is 1.74. The molecule has 4 aliphatic rings. The van der Waals surface area contributed by atoms with Crippen LogP contribution in [0.3, 0.4) is 0 Å². The molecule has 3 atom stereocenters. The van der Waals surface area contributed by atoms with Gasteiger partial charge in [-0.15, -0.1) is 0 Å². The number of nitriles is 1. The first kappa shape index (κ1) is 22.5. The molecule has 5 rings (SSSR count). The second kappa shape index (κ2) is 7.91. The summed E-state index contributed by atoms with van der Waals surface area (Å²) in [5.41, 5.74) is 6.99. The Hall–Kier alpha value is -3.25.